The van der Waals surface area contributed by atoms with Gasteiger partial charge in [0.25, 0.3) is 5.91 Å². The SMILES string of the molecule is CC(=O)n1oc(=O)cc1-c1ccccc1.CCC1CCCCC1. The van der Waals surface area contributed by atoms with Gasteiger partial charge >= 0.3 is 5.63 Å². The van der Waals surface area contributed by atoms with Gasteiger partial charge in [0.05, 0.1) is 11.8 Å². The van der Waals surface area contributed by atoms with Gasteiger partial charge < -0.3 is 4.52 Å². The van der Waals surface area contributed by atoms with Crippen molar-refractivity contribution in [1.82, 2.24) is 4.74 Å². The molecule has 1 aliphatic carbocycles. The van der Waals surface area contributed by atoms with Crippen LogP contribution in [0.3, 0.4) is 0 Å². The minimum Gasteiger partial charge on any atom is -0.328 e. The average molecular weight is 315 g/mol. The number of benzene rings is 1. The van der Waals surface area contributed by atoms with E-state index in [0.717, 1.165) is 16.2 Å². The maximum Gasteiger partial charge on any atom is 0.358 e. The van der Waals surface area contributed by atoms with E-state index in [9.17, 15) is 9.59 Å². The Balaban J connectivity index is 0.000000203. The lowest BCUT2D eigenvalue weighted by atomic mass is 9.88. The Morgan fingerprint density at radius 2 is 1.83 bits per heavy atom. The Morgan fingerprint density at radius 3 is 2.35 bits per heavy atom. The van der Waals surface area contributed by atoms with Crippen molar-refractivity contribution in [2.45, 2.75) is 52.4 Å². The smallest absolute Gasteiger partial charge is 0.328 e. The zero-order chi connectivity index (χ0) is 16.7. The molecule has 1 saturated carbocycles. The molecule has 0 aliphatic heterocycles. The largest absolute Gasteiger partial charge is 0.358 e. The number of aromatic nitrogens is 1. The van der Waals surface area contributed by atoms with Crippen molar-refractivity contribution in [3.8, 4) is 11.3 Å². The molecule has 3 rings (SSSR count). The van der Waals surface area contributed by atoms with E-state index >= 15 is 0 Å². The monoisotopic (exact) mass is 315 g/mol. The molecule has 4 nitrogen and oxygen atoms in total. The molecule has 1 aliphatic rings. The summed E-state index contributed by atoms with van der Waals surface area (Å²) in [5.41, 5.74) is 0.732. The third kappa shape index (κ3) is 4.95. The van der Waals surface area contributed by atoms with E-state index in [2.05, 4.69) is 6.92 Å². The van der Waals surface area contributed by atoms with Crippen molar-refractivity contribution in [2.75, 3.05) is 0 Å². The zero-order valence-electron chi connectivity index (χ0n) is 14.0. The fraction of sp³-hybridized carbons (Fsp3) is 0.474. The average Bonchev–Trinajstić information content (AvgIpc) is 2.99. The van der Waals surface area contributed by atoms with Crippen LogP contribution in [0.15, 0.2) is 45.7 Å². The molecule has 4 heteroatoms. The molecule has 0 spiro atoms. The van der Waals surface area contributed by atoms with Crippen molar-refractivity contribution in [1.29, 1.82) is 0 Å². The molecule has 1 aromatic carbocycles. The van der Waals surface area contributed by atoms with Crippen molar-refractivity contribution in [3.63, 3.8) is 0 Å². The highest BCUT2D eigenvalue weighted by atomic mass is 16.5. The molecule has 0 atom stereocenters. The van der Waals surface area contributed by atoms with Crippen LogP contribution in [-0.4, -0.2) is 10.6 Å². The van der Waals surface area contributed by atoms with E-state index in [-0.39, 0.29) is 5.91 Å². The van der Waals surface area contributed by atoms with Gasteiger partial charge in [-0.2, -0.15) is 0 Å². The van der Waals surface area contributed by atoms with Crippen molar-refractivity contribution >= 4 is 5.91 Å². The molecule has 0 unspecified atom stereocenters. The lowest BCUT2D eigenvalue weighted by molar-refractivity contribution is 0.0817. The Bertz CT molecular complexity index is 663. The second-order valence-corrected chi connectivity index (χ2v) is 6.03. The predicted octanol–water partition coefficient (Wildman–Crippen LogP) is 4.75. The Labute approximate surface area is 137 Å². The van der Waals surface area contributed by atoms with E-state index in [1.165, 1.54) is 51.5 Å². The number of rotatable bonds is 2. The summed E-state index contributed by atoms with van der Waals surface area (Å²) in [5.74, 6) is 0.764. The van der Waals surface area contributed by atoms with Crippen LogP contribution >= 0.6 is 0 Å². The number of carbonyl (C=O) groups is 1. The maximum absolute atomic E-state index is 11.2. The highest BCUT2D eigenvalue weighted by Crippen LogP contribution is 2.25. The quantitative estimate of drug-likeness (QED) is 0.804. The summed E-state index contributed by atoms with van der Waals surface area (Å²) >= 11 is 0. The van der Waals surface area contributed by atoms with Gasteiger partial charge in [-0.1, -0.05) is 75.8 Å². The molecule has 124 valence electrons. The topological polar surface area (TPSA) is 52.2 Å². The Hall–Kier alpha value is -2.10. The fourth-order valence-corrected chi connectivity index (χ4v) is 2.97. The zero-order valence-corrected chi connectivity index (χ0v) is 14.0. The van der Waals surface area contributed by atoms with Crippen LogP contribution in [0.1, 0.15) is 57.2 Å². The second kappa shape index (κ2) is 8.51. The summed E-state index contributed by atoms with van der Waals surface area (Å²) in [6, 6.07) is 10.4. The summed E-state index contributed by atoms with van der Waals surface area (Å²) in [6.45, 7) is 3.66. The third-order valence-corrected chi connectivity index (χ3v) is 4.31. The molecule has 0 radical (unpaired) electrons. The lowest BCUT2D eigenvalue weighted by Crippen LogP contribution is -2.06. The second-order valence-electron chi connectivity index (χ2n) is 6.03. The standard InChI is InChI=1S/C11H9NO3.C8H16/c1-8(13)12-10(7-11(14)15-12)9-5-3-2-4-6-9;1-2-8-6-4-3-5-7-8/h2-7H,1H3;8H,2-7H2,1H3. The molecule has 1 heterocycles. The number of nitrogens with zero attached hydrogens (tertiary/aromatic N) is 1. The molecule has 0 bridgehead atoms. The molecule has 0 amide bonds. The molecule has 2 aromatic rings. The van der Waals surface area contributed by atoms with Crippen LogP contribution in [-0.2, 0) is 0 Å². The van der Waals surface area contributed by atoms with E-state index in [1.807, 2.05) is 30.3 Å². The molecule has 0 saturated heterocycles. The minimum absolute atomic E-state index is 0.323. The summed E-state index contributed by atoms with van der Waals surface area (Å²) in [5, 5.41) is 0. The predicted molar refractivity (Wildman–Crippen MR) is 91.6 cm³/mol. The van der Waals surface area contributed by atoms with Gasteiger partial charge in [0.15, 0.2) is 0 Å². The van der Waals surface area contributed by atoms with Gasteiger partial charge in [-0.05, 0) is 5.92 Å². The molecule has 0 N–H and O–H groups in total. The third-order valence-electron chi connectivity index (χ3n) is 4.31. The molecular weight excluding hydrogens is 290 g/mol. The lowest BCUT2D eigenvalue weighted by Gasteiger charge is -2.18. The fourth-order valence-electron chi connectivity index (χ4n) is 2.97. The first-order valence-corrected chi connectivity index (χ1v) is 8.41. The highest BCUT2D eigenvalue weighted by molar-refractivity contribution is 5.80. The van der Waals surface area contributed by atoms with Gasteiger partial charge in [-0.15, -0.1) is 4.74 Å². The minimum atomic E-state index is -0.524. The van der Waals surface area contributed by atoms with Crippen molar-refractivity contribution in [2.24, 2.45) is 5.92 Å². The summed E-state index contributed by atoms with van der Waals surface area (Å²) in [7, 11) is 0. The van der Waals surface area contributed by atoms with Crippen LogP contribution in [0.5, 0.6) is 0 Å². The number of hydrogen-bond donors (Lipinski definition) is 0. The first-order valence-electron chi connectivity index (χ1n) is 8.41. The van der Waals surface area contributed by atoms with Gasteiger partial charge in [-0.25, -0.2) is 4.79 Å². The Kier molecular flexibility index (Phi) is 6.39. The highest BCUT2D eigenvalue weighted by Gasteiger charge is 2.12. The van der Waals surface area contributed by atoms with E-state index in [4.69, 9.17) is 4.52 Å². The van der Waals surface area contributed by atoms with Crippen LogP contribution < -0.4 is 5.63 Å². The number of carbonyl (C=O) groups excluding carboxylic acids is 1. The molecule has 1 fully saturated rings. The first-order chi connectivity index (χ1) is 11.1. The maximum atomic E-state index is 11.2. The first kappa shape index (κ1) is 17.3. The van der Waals surface area contributed by atoms with Crippen molar-refractivity contribution < 1.29 is 9.32 Å². The van der Waals surface area contributed by atoms with Gasteiger partial charge in [0.2, 0.25) is 0 Å². The van der Waals surface area contributed by atoms with E-state index in [1.54, 1.807) is 0 Å². The van der Waals surface area contributed by atoms with Gasteiger partial charge in [0, 0.05) is 12.5 Å². The van der Waals surface area contributed by atoms with Gasteiger partial charge in [-0.3, -0.25) is 4.79 Å². The van der Waals surface area contributed by atoms with Crippen molar-refractivity contribution in [3.05, 3.63) is 46.8 Å². The van der Waals surface area contributed by atoms with Crippen LogP contribution in [0.4, 0.5) is 0 Å². The van der Waals surface area contributed by atoms with Gasteiger partial charge in [0.1, 0.15) is 0 Å². The molecular formula is C19H25NO3. The summed E-state index contributed by atoms with van der Waals surface area (Å²) in [4.78, 5) is 22.2. The van der Waals surface area contributed by atoms with Crippen LogP contribution in [0, 0.1) is 5.92 Å². The number of hydrogen-bond acceptors (Lipinski definition) is 3. The van der Waals surface area contributed by atoms with E-state index in [0.29, 0.717) is 5.69 Å². The van der Waals surface area contributed by atoms with E-state index < -0.39 is 5.63 Å². The normalized spacial score (nSPS) is 14.9. The Morgan fingerprint density at radius 1 is 1.17 bits per heavy atom. The van der Waals surface area contributed by atoms with Crippen LogP contribution in [0.25, 0.3) is 11.3 Å². The van der Waals surface area contributed by atoms with Crippen LogP contribution in [0.2, 0.25) is 0 Å². The summed E-state index contributed by atoms with van der Waals surface area (Å²) < 4.78 is 5.74. The summed E-state index contributed by atoms with van der Waals surface area (Å²) in [6.07, 6.45) is 8.93. The molecule has 1 aromatic heterocycles. The molecule has 23 heavy (non-hydrogen) atoms.